The van der Waals surface area contributed by atoms with Gasteiger partial charge in [-0.3, -0.25) is 0 Å². The molecule has 0 aliphatic heterocycles. The van der Waals surface area contributed by atoms with Gasteiger partial charge in [0.2, 0.25) is 0 Å². The second-order valence-electron chi connectivity index (χ2n) is 4.61. The third-order valence-electron chi connectivity index (χ3n) is 3.20. The first-order valence-electron chi connectivity index (χ1n) is 5.65. The van der Waals surface area contributed by atoms with Gasteiger partial charge in [-0.1, -0.05) is 6.92 Å². The van der Waals surface area contributed by atoms with E-state index in [4.69, 9.17) is 0 Å². The fourth-order valence-electron chi connectivity index (χ4n) is 1.98. The number of anilines is 1. The largest absolute Gasteiger partial charge is 0.370 e. The summed E-state index contributed by atoms with van der Waals surface area (Å²) in [5, 5.41) is 7.59. The van der Waals surface area contributed by atoms with Crippen LogP contribution in [0.15, 0.2) is 12.4 Å². The highest BCUT2D eigenvalue weighted by atomic mass is 15.3. The number of hydrogen-bond donors (Lipinski definition) is 1. The lowest BCUT2D eigenvalue weighted by molar-refractivity contribution is 0.777. The highest BCUT2D eigenvalue weighted by molar-refractivity contribution is 5.44. The van der Waals surface area contributed by atoms with Crippen molar-refractivity contribution in [2.45, 2.75) is 20.3 Å². The van der Waals surface area contributed by atoms with Crippen LogP contribution in [0.2, 0.25) is 0 Å². The second kappa shape index (κ2) is 3.43. The molecule has 84 valence electrons. The molecule has 5 nitrogen and oxygen atoms in total. The van der Waals surface area contributed by atoms with Crippen molar-refractivity contribution < 1.29 is 0 Å². The van der Waals surface area contributed by atoms with Crippen LogP contribution < -0.4 is 5.32 Å². The van der Waals surface area contributed by atoms with Crippen LogP contribution in [0.3, 0.4) is 0 Å². The summed E-state index contributed by atoms with van der Waals surface area (Å²) < 4.78 is 1.75. The van der Waals surface area contributed by atoms with E-state index in [0.29, 0.717) is 5.78 Å². The lowest BCUT2D eigenvalue weighted by Crippen LogP contribution is -2.10. The van der Waals surface area contributed by atoms with Gasteiger partial charge in [0.15, 0.2) is 0 Å². The van der Waals surface area contributed by atoms with Crippen molar-refractivity contribution in [3.8, 4) is 0 Å². The lowest BCUT2D eigenvalue weighted by Gasteiger charge is -2.07. The Morgan fingerprint density at radius 1 is 1.56 bits per heavy atom. The summed E-state index contributed by atoms with van der Waals surface area (Å²) in [6.07, 6.45) is 2.87. The van der Waals surface area contributed by atoms with Gasteiger partial charge in [0.25, 0.3) is 5.78 Å². The minimum absolute atomic E-state index is 0.659. The summed E-state index contributed by atoms with van der Waals surface area (Å²) in [6.45, 7) is 5.27. The molecule has 0 bridgehead atoms. The standard InChI is InChI=1S/C11H15N5/c1-7-3-9(7)5-12-10-4-8(2)15-11-13-6-14-16(10)11/h4,6-7,9,12H,3,5H2,1-2H3. The zero-order valence-electron chi connectivity index (χ0n) is 9.51. The predicted molar refractivity (Wildman–Crippen MR) is 61.3 cm³/mol. The molecule has 1 fully saturated rings. The van der Waals surface area contributed by atoms with Crippen molar-refractivity contribution >= 4 is 11.6 Å². The van der Waals surface area contributed by atoms with E-state index in [1.54, 1.807) is 4.52 Å². The van der Waals surface area contributed by atoms with Gasteiger partial charge in [-0.25, -0.2) is 4.98 Å². The van der Waals surface area contributed by atoms with Crippen LogP contribution in [0, 0.1) is 18.8 Å². The smallest absolute Gasteiger partial charge is 0.254 e. The molecule has 2 heterocycles. The maximum absolute atomic E-state index is 4.30. The molecule has 16 heavy (non-hydrogen) atoms. The van der Waals surface area contributed by atoms with E-state index in [1.165, 1.54) is 12.7 Å². The molecule has 5 heteroatoms. The molecular weight excluding hydrogens is 202 g/mol. The van der Waals surface area contributed by atoms with E-state index in [0.717, 1.165) is 29.9 Å². The Kier molecular flexibility index (Phi) is 2.05. The van der Waals surface area contributed by atoms with E-state index < -0.39 is 0 Å². The number of nitrogens with zero attached hydrogens (tertiary/aromatic N) is 4. The molecule has 1 aliphatic carbocycles. The van der Waals surface area contributed by atoms with Crippen LogP contribution in [-0.2, 0) is 0 Å². The number of aryl methyl sites for hydroxylation is 1. The summed E-state index contributed by atoms with van der Waals surface area (Å²) in [6, 6.07) is 2.01. The summed E-state index contributed by atoms with van der Waals surface area (Å²) in [4.78, 5) is 8.40. The molecule has 2 unspecified atom stereocenters. The van der Waals surface area contributed by atoms with Gasteiger partial charge in [-0.15, -0.1) is 0 Å². The number of nitrogens with one attached hydrogen (secondary N) is 1. The molecular formula is C11H15N5. The Balaban J connectivity index is 1.86. The van der Waals surface area contributed by atoms with Gasteiger partial charge < -0.3 is 5.32 Å². The Morgan fingerprint density at radius 3 is 3.12 bits per heavy atom. The summed E-state index contributed by atoms with van der Waals surface area (Å²) in [5.41, 5.74) is 0.965. The minimum atomic E-state index is 0.659. The Morgan fingerprint density at radius 2 is 2.38 bits per heavy atom. The van der Waals surface area contributed by atoms with Crippen LogP contribution in [-0.4, -0.2) is 26.1 Å². The van der Waals surface area contributed by atoms with Gasteiger partial charge in [0, 0.05) is 18.3 Å². The minimum Gasteiger partial charge on any atom is -0.370 e. The van der Waals surface area contributed by atoms with Crippen molar-refractivity contribution in [1.29, 1.82) is 0 Å². The molecule has 0 spiro atoms. The summed E-state index contributed by atoms with van der Waals surface area (Å²) in [7, 11) is 0. The van der Waals surface area contributed by atoms with Crippen molar-refractivity contribution in [2.24, 2.45) is 11.8 Å². The first kappa shape index (κ1) is 9.57. The van der Waals surface area contributed by atoms with Gasteiger partial charge in [0.05, 0.1) is 0 Å². The van der Waals surface area contributed by atoms with Crippen molar-refractivity contribution in [1.82, 2.24) is 19.6 Å². The van der Waals surface area contributed by atoms with Gasteiger partial charge in [0.1, 0.15) is 12.1 Å². The fraction of sp³-hybridized carbons (Fsp3) is 0.545. The number of rotatable bonds is 3. The average molecular weight is 217 g/mol. The van der Waals surface area contributed by atoms with Crippen molar-refractivity contribution in [2.75, 3.05) is 11.9 Å². The molecule has 2 atom stereocenters. The number of hydrogen-bond acceptors (Lipinski definition) is 4. The maximum atomic E-state index is 4.30. The zero-order valence-corrected chi connectivity index (χ0v) is 9.51. The number of fused-ring (bicyclic) bond motifs is 1. The molecule has 2 aromatic rings. The topological polar surface area (TPSA) is 55.1 Å². The Labute approximate surface area is 93.9 Å². The van der Waals surface area contributed by atoms with Crippen molar-refractivity contribution in [3.05, 3.63) is 18.1 Å². The summed E-state index contributed by atoms with van der Waals surface area (Å²) >= 11 is 0. The second-order valence-corrected chi connectivity index (χ2v) is 4.61. The summed E-state index contributed by atoms with van der Waals surface area (Å²) in [5.74, 6) is 3.32. The predicted octanol–water partition coefficient (Wildman–Crippen LogP) is 1.50. The van der Waals surface area contributed by atoms with E-state index >= 15 is 0 Å². The lowest BCUT2D eigenvalue weighted by atomic mass is 10.3. The Bertz CT molecular complexity index is 518. The fourth-order valence-corrected chi connectivity index (χ4v) is 1.98. The number of aromatic nitrogens is 4. The molecule has 0 amide bonds. The monoisotopic (exact) mass is 217 g/mol. The van der Waals surface area contributed by atoms with Crippen LogP contribution in [0.4, 0.5) is 5.82 Å². The highest BCUT2D eigenvalue weighted by Crippen LogP contribution is 2.37. The average Bonchev–Trinajstić information content (AvgIpc) is 2.76. The van der Waals surface area contributed by atoms with Crippen LogP contribution in [0.5, 0.6) is 0 Å². The molecule has 3 rings (SSSR count). The third-order valence-corrected chi connectivity index (χ3v) is 3.20. The Hall–Kier alpha value is -1.65. The SMILES string of the molecule is Cc1cc(NCC2CC2C)n2ncnc2n1. The molecule has 1 N–H and O–H groups in total. The van der Waals surface area contributed by atoms with Crippen LogP contribution in [0.1, 0.15) is 19.0 Å². The van der Waals surface area contributed by atoms with E-state index in [9.17, 15) is 0 Å². The van der Waals surface area contributed by atoms with Gasteiger partial charge in [-0.2, -0.15) is 14.6 Å². The molecule has 2 aromatic heterocycles. The molecule has 0 saturated heterocycles. The third kappa shape index (κ3) is 1.62. The van der Waals surface area contributed by atoms with Crippen LogP contribution >= 0.6 is 0 Å². The first-order chi connectivity index (χ1) is 7.74. The maximum Gasteiger partial charge on any atom is 0.254 e. The van der Waals surface area contributed by atoms with E-state index in [2.05, 4.69) is 27.3 Å². The van der Waals surface area contributed by atoms with Gasteiger partial charge in [-0.05, 0) is 25.2 Å². The molecule has 0 aromatic carbocycles. The quantitative estimate of drug-likeness (QED) is 0.846. The molecule has 1 saturated carbocycles. The van der Waals surface area contributed by atoms with Gasteiger partial charge >= 0.3 is 0 Å². The van der Waals surface area contributed by atoms with E-state index in [1.807, 2.05) is 13.0 Å². The first-order valence-corrected chi connectivity index (χ1v) is 5.65. The van der Waals surface area contributed by atoms with Crippen molar-refractivity contribution in [3.63, 3.8) is 0 Å². The highest BCUT2D eigenvalue weighted by Gasteiger charge is 2.32. The van der Waals surface area contributed by atoms with E-state index in [-0.39, 0.29) is 0 Å². The zero-order chi connectivity index (χ0) is 11.1. The molecule has 0 radical (unpaired) electrons. The normalized spacial score (nSPS) is 23.6. The van der Waals surface area contributed by atoms with Crippen LogP contribution in [0.25, 0.3) is 5.78 Å². The molecule has 1 aliphatic rings.